The first kappa shape index (κ1) is 13.8. The molecule has 2 nitrogen and oxygen atoms in total. The average molecular weight is 238 g/mol. The summed E-state index contributed by atoms with van der Waals surface area (Å²) in [7, 11) is 0. The number of rotatable bonds is 7. The molecule has 0 aromatic carbocycles. The molecule has 1 aliphatic rings. The van der Waals surface area contributed by atoms with Crippen LogP contribution < -0.4 is 5.32 Å². The van der Waals surface area contributed by atoms with Crippen molar-refractivity contribution >= 4 is 0 Å². The van der Waals surface area contributed by atoms with Crippen LogP contribution in [0.3, 0.4) is 0 Å². The SMILES string of the molecule is CC(C)N(CCCNC1CC1)CC(F)(F)F. The van der Waals surface area contributed by atoms with Crippen LogP contribution in [0.1, 0.15) is 33.1 Å². The molecule has 0 bridgehead atoms. The summed E-state index contributed by atoms with van der Waals surface area (Å²) in [5.74, 6) is 0. The Hall–Kier alpha value is -0.290. The van der Waals surface area contributed by atoms with E-state index in [0.29, 0.717) is 12.6 Å². The van der Waals surface area contributed by atoms with Gasteiger partial charge in [0.25, 0.3) is 0 Å². The molecule has 1 aliphatic carbocycles. The van der Waals surface area contributed by atoms with Crippen LogP contribution in [0, 0.1) is 0 Å². The lowest BCUT2D eigenvalue weighted by Gasteiger charge is -2.27. The zero-order valence-electron chi connectivity index (χ0n) is 9.98. The highest BCUT2D eigenvalue weighted by Gasteiger charge is 2.31. The van der Waals surface area contributed by atoms with Crippen molar-refractivity contribution in [3.63, 3.8) is 0 Å². The lowest BCUT2D eigenvalue weighted by molar-refractivity contribution is -0.149. The van der Waals surface area contributed by atoms with Gasteiger partial charge in [0, 0.05) is 12.1 Å². The summed E-state index contributed by atoms with van der Waals surface area (Å²) in [6.07, 6.45) is -0.869. The number of halogens is 3. The molecular formula is C11H21F3N2. The van der Waals surface area contributed by atoms with Crippen molar-refractivity contribution in [2.45, 2.75) is 51.4 Å². The highest BCUT2D eigenvalue weighted by Crippen LogP contribution is 2.19. The zero-order chi connectivity index (χ0) is 12.2. The van der Waals surface area contributed by atoms with Crippen molar-refractivity contribution in [1.29, 1.82) is 0 Å². The molecule has 0 aliphatic heterocycles. The van der Waals surface area contributed by atoms with Crippen molar-refractivity contribution in [3.05, 3.63) is 0 Å². The first-order chi connectivity index (χ1) is 7.38. The largest absolute Gasteiger partial charge is 0.401 e. The van der Waals surface area contributed by atoms with Gasteiger partial charge in [0.1, 0.15) is 0 Å². The molecule has 96 valence electrons. The molecule has 5 heteroatoms. The van der Waals surface area contributed by atoms with E-state index >= 15 is 0 Å². The van der Waals surface area contributed by atoms with Gasteiger partial charge in [0.05, 0.1) is 6.54 Å². The Morgan fingerprint density at radius 2 is 1.94 bits per heavy atom. The molecule has 1 fully saturated rings. The van der Waals surface area contributed by atoms with Crippen molar-refractivity contribution in [3.8, 4) is 0 Å². The Morgan fingerprint density at radius 1 is 1.31 bits per heavy atom. The minimum absolute atomic E-state index is 0.0532. The Labute approximate surface area is 95.2 Å². The van der Waals surface area contributed by atoms with E-state index < -0.39 is 12.7 Å². The van der Waals surface area contributed by atoms with Gasteiger partial charge in [-0.3, -0.25) is 4.90 Å². The third-order valence-corrected chi connectivity index (χ3v) is 2.75. The van der Waals surface area contributed by atoms with Gasteiger partial charge in [-0.1, -0.05) is 0 Å². The van der Waals surface area contributed by atoms with Crippen LogP contribution in [0.25, 0.3) is 0 Å². The van der Waals surface area contributed by atoms with Crippen LogP contribution in [-0.2, 0) is 0 Å². The molecule has 0 heterocycles. The highest BCUT2D eigenvalue weighted by molar-refractivity contribution is 4.80. The quantitative estimate of drug-likeness (QED) is 0.685. The summed E-state index contributed by atoms with van der Waals surface area (Å²) in [6.45, 7) is 4.15. The Kier molecular flexibility index (Phi) is 5.05. The standard InChI is InChI=1S/C11H21F3N2/c1-9(2)16(8-11(12,13)14)7-3-6-15-10-4-5-10/h9-10,15H,3-8H2,1-2H3. The van der Waals surface area contributed by atoms with Crippen LogP contribution in [0.15, 0.2) is 0 Å². The predicted octanol–water partition coefficient (Wildman–Crippen LogP) is 2.40. The lowest BCUT2D eigenvalue weighted by Crippen LogP contribution is -2.40. The van der Waals surface area contributed by atoms with Gasteiger partial charge in [0.2, 0.25) is 0 Å². The lowest BCUT2D eigenvalue weighted by atomic mass is 10.2. The van der Waals surface area contributed by atoms with E-state index in [1.165, 1.54) is 17.7 Å². The Morgan fingerprint density at radius 3 is 2.38 bits per heavy atom. The van der Waals surface area contributed by atoms with Crippen LogP contribution in [-0.4, -0.2) is 42.8 Å². The number of hydrogen-bond donors (Lipinski definition) is 1. The molecule has 16 heavy (non-hydrogen) atoms. The number of nitrogens with zero attached hydrogens (tertiary/aromatic N) is 1. The number of hydrogen-bond acceptors (Lipinski definition) is 2. The molecular weight excluding hydrogens is 217 g/mol. The second-order valence-corrected chi connectivity index (χ2v) is 4.76. The maximum absolute atomic E-state index is 12.3. The van der Waals surface area contributed by atoms with Crippen LogP contribution >= 0.6 is 0 Å². The molecule has 1 rings (SSSR count). The fraction of sp³-hybridized carbons (Fsp3) is 1.00. The van der Waals surface area contributed by atoms with Crippen LogP contribution in [0.4, 0.5) is 13.2 Å². The summed E-state index contributed by atoms with van der Waals surface area (Å²) in [5.41, 5.74) is 0. The predicted molar refractivity (Wildman–Crippen MR) is 58.4 cm³/mol. The minimum atomic E-state index is -4.09. The van der Waals surface area contributed by atoms with E-state index in [0.717, 1.165) is 13.0 Å². The monoisotopic (exact) mass is 238 g/mol. The highest BCUT2D eigenvalue weighted by atomic mass is 19.4. The van der Waals surface area contributed by atoms with E-state index in [9.17, 15) is 13.2 Å². The third kappa shape index (κ3) is 6.33. The maximum Gasteiger partial charge on any atom is 0.401 e. The van der Waals surface area contributed by atoms with E-state index in [-0.39, 0.29) is 6.04 Å². The van der Waals surface area contributed by atoms with Gasteiger partial charge in [-0.25, -0.2) is 0 Å². The summed E-state index contributed by atoms with van der Waals surface area (Å²) in [4.78, 5) is 1.48. The fourth-order valence-corrected chi connectivity index (χ4v) is 1.63. The number of alkyl halides is 3. The van der Waals surface area contributed by atoms with E-state index in [2.05, 4.69) is 5.32 Å². The van der Waals surface area contributed by atoms with Crippen molar-refractivity contribution in [2.75, 3.05) is 19.6 Å². The van der Waals surface area contributed by atoms with Gasteiger partial charge in [-0.2, -0.15) is 13.2 Å². The summed E-state index contributed by atoms with van der Waals surface area (Å²) >= 11 is 0. The van der Waals surface area contributed by atoms with E-state index in [4.69, 9.17) is 0 Å². The van der Waals surface area contributed by atoms with Gasteiger partial charge in [-0.15, -0.1) is 0 Å². The molecule has 0 atom stereocenters. The summed E-state index contributed by atoms with van der Waals surface area (Å²) in [5, 5.41) is 3.31. The Balaban J connectivity index is 2.16. The summed E-state index contributed by atoms with van der Waals surface area (Å²) < 4.78 is 36.8. The normalized spacial score (nSPS) is 17.4. The molecule has 0 saturated heterocycles. The molecule has 1 N–H and O–H groups in total. The van der Waals surface area contributed by atoms with E-state index in [1.807, 2.05) is 0 Å². The number of nitrogens with one attached hydrogen (secondary N) is 1. The molecule has 1 saturated carbocycles. The van der Waals surface area contributed by atoms with Gasteiger partial charge >= 0.3 is 6.18 Å². The van der Waals surface area contributed by atoms with Crippen molar-refractivity contribution in [1.82, 2.24) is 10.2 Å². The average Bonchev–Trinajstić information content (AvgIpc) is 2.91. The van der Waals surface area contributed by atoms with Gasteiger partial charge in [0.15, 0.2) is 0 Å². The third-order valence-electron chi connectivity index (χ3n) is 2.75. The maximum atomic E-state index is 12.3. The zero-order valence-corrected chi connectivity index (χ0v) is 9.98. The Bertz CT molecular complexity index is 200. The molecule has 0 aromatic rings. The topological polar surface area (TPSA) is 15.3 Å². The van der Waals surface area contributed by atoms with Gasteiger partial charge < -0.3 is 5.32 Å². The first-order valence-electron chi connectivity index (χ1n) is 5.92. The second-order valence-electron chi connectivity index (χ2n) is 4.76. The molecule has 0 spiro atoms. The minimum Gasteiger partial charge on any atom is -0.314 e. The molecule has 0 amide bonds. The summed E-state index contributed by atoms with van der Waals surface area (Å²) in [6, 6.07) is 0.581. The van der Waals surface area contributed by atoms with Crippen molar-refractivity contribution in [2.24, 2.45) is 0 Å². The molecule has 0 unspecified atom stereocenters. The molecule has 0 aromatic heterocycles. The van der Waals surface area contributed by atoms with Crippen LogP contribution in [0.2, 0.25) is 0 Å². The van der Waals surface area contributed by atoms with Gasteiger partial charge in [-0.05, 0) is 46.2 Å². The van der Waals surface area contributed by atoms with Crippen LogP contribution in [0.5, 0.6) is 0 Å². The fourth-order valence-electron chi connectivity index (χ4n) is 1.63. The van der Waals surface area contributed by atoms with E-state index in [1.54, 1.807) is 13.8 Å². The second kappa shape index (κ2) is 5.87. The van der Waals surface area contributed by atoms with Crippen molar-refractivity contribution < 1.29 is 13.2 Å². The smallest absolute Gasteiger partial charge is 0.314 e. The first-order valence-corrected chi connectivity index (χ1v) is 5.92. The molecule has 0 radical (unpaired) electrons.